The van der Waals surface area contributed by atoms with E-state index in [0.29, 0.717) is 13.0 Å². The van der Waals surface area contributed by atoms with E-state index >= 15 is 0 Å². The minimum absolute atomic E-state index is 0.0999. The van der Waals surface area contributed by atoms with E-state index in [0.717, 1.165) is 0 Å². The molecule has 2 nitrogen and oxygen atoms in total. The van der Waals surface area contributed by atoms with Crippen molar-refractivity contribution in [1.82, 2.24) is 4.90 Å². The number of hydrogen-bond acceptors (Lipinski definition) is 2. The highest BCUT2D eigenvalue weighted by Gasteiger charge is 2.27. The SMILES string of the molecule is CCN(CO)C(Cl)(Cl)CC. The average Bonchev–Trinajstić information content (AvgIpc) is 1.90. The van der Waals surface area contributed by atoms with Crippen molar-refractivity contribution in [3.05, 3.63) is 0 Å². The lowest BCUT2D eigenvalue weighted by molar-refractivity contribution is 0.0842. The lowest BCUT2D eigenvalue weighted by Gasteiger charge is -2.30. The van der Waals surface area contributed by atoms with E-state index < -0.39 is 4.46 Å². The Balaban J connectivity index is 3.97. The fourth-order valence-corrected chi connectivity index (χ4v) is 1.00. The minimum atomic E-state index is -0.913. The van der Waals surface area contributed by atoms with Crippen molar-refractivity contribution in [2.24, 2.45) is 0 Å². The van der Waals surface area contributed by atoms with Gasteiger partial charge in [-0.1, -0.05) is 37.0 Å². The van der Waals surface area contributed by atoms with Crippen molar-refractivity contribution in [2.45, 2.75) is 24.7 Å². The Morgan fingerprint density at radius 1 is 1.40 bits per heavy atom. The molecule has 0 rings (SSSR count). The van der Waals surface area contributed by atoms with Crippen LogP contribution in [0.2, 0.25) is 0 Å². The molecule has 0 bridgehead atoms. The van der Waals surface area contributed by atoms with E-state index in [1.807, 2.05) is 13.8 Å². The zero-order chi connectivity index (χ0) is 8.20. The predicted octanol–water partition coefficient (Wildman–Crippen LogP) is 1.80. The second-order valence-electron chi connectivity index (χ2n) is 2.02. The zero-order valence-corrected chi connectivity index (χ0v) is 7.78. The standard InChI is InChI=1S/C6H13Cl2NO/c1-3-6(7,8)9(4-2)5-10/h10H,3-5H2,1-2H3. The summed E-state index contributed by atoms with van der Waals surface area (Å²) in [5.41, 5.74) is 0. The number of rotatable bonds is 4. The van der Waals surface area contributed by atoms with Crippen LogP contribution in [0, 0.1) is 0 Å². The van der Waals surface area contributed by atoms with Crippen LogP contribution in [0.3, 0.4) is 0 Å². The molecule has 62 valence electrons. The number of nitrogens with zero attached hydrogens (tertiary/aromatic N) is 1. The Kier molecular flexibility index (Phi) is 4.61. The first-order valence-corrected chi connectivity index (χ1v) is 4.07. The average molecular weight is 186 g/mol. The Labute approximate surface area is 71.7 Å². The number of hydrogen-bond donors (Lipinski definition) is 1. The third-order valence-electron chi connectivity index (χ3n) is 1.44. The van der Waals surface area contributed by atoms with Gasteiger partial charge in [-0.15, -0.1) is 0 Å². The normalized spacial score (nSPS) is 12.6. The molecule has 0 aliphatic heterocycles. The van der Waals surface area contributed by atoms with Gasteiger partial charge in [0.15, 0.2) is 4.46 Å². The van der Waals surface area contributed by atoms with E-state index in [1.165, 1.54) is 0 Å². The molecule has 0 amide bonds. The van der Waals surface area contributed by atoms with E-state index in [-0.39, 0.29) is 6.73 Å². The largest absolute Gasteiger partial charge is 0.381 e. The fourth-order valence-electron chi connectivity index (χ4n) is 0.658. The molecule has 0 aromatic carbocycles. The lowest BCUT2D eigenvalue weighted by atomic mass is 10.4. The van der Waals surface area contributed by atoms with Gasteiger partial charge in [0.2, 0.25) is 0 Å². The number of aliphatic hydroxyl groups excluding tert-OH is 1. The summed E-state index contributed by atoms with van der Waals surface area (Å²) < 4.78 is -0.913. The van der Waals surface area contributed by atoms with Crippen LogP contribution in [-0.2, 0) is 0 Å². The van der Waals surface area contributed by atoms with Gasteiger partial charge < -0.3 is 5.11 Å². The van der Waals surface area contributed by atoms with E-state index in [4.69, 9.17) is 28.3 Å². The molecule has 0 heterocycles. The van der Waals surface area contributed by atoms with Crippen LogP contribution in [0.25, 0.3) is 0 Å². The van der Waals surface area contributed by atoms with Crippen molar-refractivity contribution in [2.75, 3.05) is 13.3 Å². The molecule has 0 radical (unpaired) electrons. The summed E-state index contributed by atoms with van der Waals surface area (Å²) >= 11 is 11.6. The summed E-state index contributed by atoms with van der Waals surface area (Å²) in [5.74, 6) is 0. The van der Waals surface area contributed by atoms with Crippen molar-refractivity contribution < 1.29 is 5.11 Å². The fraction of sp³-hybridized carbons (Fsp3) is 1.00. The molecule has 0 fully saturated rings. The maximum Gasteiger partial charge on any atom is 0.172 e. The van der Waals surface area contributed by atoms with Crippen LogP contribution >= 0.6 is 23.2 Å². The van der Waals surface area contributed by atoms with Crippen LogP contribution in [0.4, 0.5) is 0 Å². The van der Waals surface area contributed by atoms with Gasteiger partial charge in [0, 0.05) is 6.54 Å². The van der Waals surface area contributed by atoms with Gasteiger partial charge in [-0.2, -0.15) is 0 Å². The first-order valence-electron chi connectivity index (χ1n) is 3.32. The number of alkyl halides is 2. The van der Waals surface area contributed by atoms with Gasteiger partial charge in [0.25, 0.3) is 0 Å². The second kappa shape index (κ2) is 4.39. The maximum absolute atomic E-state index is 8.75. The van der Waals surface area contributed by atoms with Crippen LogP contribution in [-0.4, -0.2) is 27.7 Å². The smallest absolute Gasteiger partial charge is 0.172 e. The van der Waals surface area contributed by atoms with Gasteiger partial charge in [0.1, 0.15) is 0 Å². The zero-order valence-electron chi connectivity index (χ0n) is 6.27. The van der Waals surface area contributed by atoms with Crippen LogP contribution in [0.15, 0.2) is 0 Å². The third-order valence-corrected chi connectivity index (χ3v) is 2.45. The molecule has 0 aliphatic carbocycles. The van der Waals surface area contributed by atoms with Crippen molar-refractivity contribution >= 4 is 23.2 Å². The highest BCUT2D eigenvalue weighted by atomic mass is 35.5. The molecular weight excluding hydrogens is 173 g/mol. The predicted molar refractivity (Wildman–Crippen MR) is 44.2 cm³/mol. The highest BCUT2D eigenvalue weighted by molar-refractivity contribution is 6.47. The lowest BCUT2D eigenvalue weighted by Crippen LogP contribution is -2.39. The molecule has 0 aromatic heterocycles. The van der Waals surface area contributed by atoms with Gasteiger partial charge in [0.05, 0.1) is 6.73 Å². The first kappa shape index (κ1) is 10.5. The quantitative estimate of drug-likeness (QED) is 0.411. The van der Waals surface area contributed by atoms with Crippen molar-refractivity contribution in [3.63, 3.8) is 0 Å². The Bertz CT molecular complexity index is 93.7. The first-order chi connectivity index (χ1) is 4.58. The maximum atomic E-state index is 8.75. The summed E-state index contributed by atoms with van der Waals surface area (Å²) in [4.78, 5) is 1.58. The summed E-state index contributed by atoms with van der Waals surface area (Å²) in [6.07, 6.45) is 0.602. The highest BCUT2D eigenvalue weighted by Crippen LogP contribution is 2.28. The van der Waals surface area contributed by atoms with Crippen molar-refractivity contribution in [3.8, 4) is 0 Å². The van der Waals surface area contributed by atoms with E-state index in [2.05, 4.69) is 0 Å². The molecule has 1 N–H and O–H groups in total. The molecule has 0 saturated carbocycles. The molecule has 10 heavy (non-hydrogen) atoms. The van der Waals surface area contributed by atoms with Crippen LogP contribution in [0.1, 0.15) is 20.3 Å². The van der Waals surface area contributed by atoms with Gasteiger partial charge in [-0.05, 0) is 6.42 Å². The molecule has 0 saturated heterocycles. The number of halogens is 2. The summed E-state index contributed by atoms with van der Waals surface area (Å²) in [6.45, 7) is 4.32. The Hall–Kier alpha value is 0.500. The number of aliphatic hydroxyl groups is 1. The third kappa shape index (κ3) is 2.62. The molecule has 0 atom stereocenters. The van der Waals surface area contributed by atoms with Gasteiger partial charge in [-0.25, -0.2) is 4.90 Å². The summed E-state index contributed by atoms with van der Waals surface area (Å²) in [7, 11) is 0. The molecule has 0 aliphatic rings. The molecule has 0 aromatic rings. The van der Waals surface area contributed by atoms with Crippen molar-refractivity contribution in [1.29, 1.82) is 0 Å². The van der Waals surface area contributed by atoms with Crippen LogP contribution in [0.5, 0.6) is 0 Å². The van der Waals surface area contributed by atoms with Gasteiger partial charge >= 0.3 is 0 Å². The van der Waals surface area contributed by atoms with E-state index in [9.17, 15) is 0 Å². The van der Waals surface area contributed by atoms with E-state index in [1.54, 1.807) is 4.90 Å². The summed E-state index contributed by atoms with van der Waals surface area (Å²) in [6, 6.07) is 0. The topological polar surface area (TPSA) is 23.5 Å². The monoisotopic (exact) mass is 185 g/mol. The Morgan fingerprint density at radius 3 is 2.00 bits per heavy atom. The second-order valence-corrected chi connectivity index (χ2v) is 3.46. The van der Waals surface area contributed by atoms with Gasteiger partial charge in [-0.3, -0.25) is 0 Å². The molecule has 4 heteroatoms. The molecule has 0 unspecified atom stereocenters. The Morgan fingerprint density at radius 2 is 1.90 bits per heavy atom. The molecular formula is C6H13Cl2NO. The van der Waals surface area contributed by atoms with Crippen LogP contribution < -0.4 is 0 Å². The minimum Gasteiger partial charge on any atom is -0.381 e. The molecule has 0 spiro atoms. The summed E-state index contributed by atoms with van der Waals surface area (Å²) in [5, 5.41) is 8.75.